The van der Waals surface area contributed by atoms with Gasteiger partial charge in [-0.05, 0) is 59.2 Å². The van der Waals surface area contributed by atoms with Gasteiger partial charge in [0.1, 0.15) is 0 Å². The molecule has 2 rings (SSSR count). The first-order chi connectivity index (χ1) is 9.11. The van der Waals surface area contributed by atoms with Crippen LogP contribution in [0.15, 0.2) is 0 Å². The van der Waals surface area contributed by atoms with E-state index in [2.05, 4.69) is 69.2 Å². The third kappa shape index (κ3) is 6.21. The van der Waals surface area contributed by atoms with Crippen molar-refractivity contribution in [3.8, 4) is 0 Å². The van der Waals surface area contributed by atoms with E-state index in [1.165, 1.54) is 59.2 Å². The zero-order valence-electron chi connectivity index (χ0n) is 17.5. The summed E-state index contributed by atoms with van der Waals surface area (Å²) in [7, 11) is 0. The maximum absolute atomic E-state index is 2.20. The summed E-state index contributed by atoms with van der Waals surface area (Å²) < 4.78 is 0. The molecule has 2 aliphatic rings. The Kier molecular flexibility index (Phi) is 15.0. The van der Waals surface area contributed by atoms with E-state index >= 15 is 0 Å². The molecule has 0 aromatic heterocycles. The van der Waals surface area contributed by atoms with E-state index < -0.39 is 0 Å². The summed E-state index contributed by atoms with van der Waals surface area (Å²) in [6, 6.07) is 0. The third-order valence-corrected chi connectivity index (χ3v) is 5.62. The molecule has 1 heteroatoms. The second-order valence-electron chi connectivity index (χ2n) is 6.25. The monoisotopic (exact) mass is 532 g/mol. The quantitative estimate of drug-likeness (QED) is 0.300. The van der Waals surface area contributed by atoms with Crippen LogP contribution in [0.4, 0.5) is 0 Å². The van der Waals surface area contributed by atoms with Crippen LogP contribution < -0.4 is 0 Å². The van der Waals surface area contributed by atoms with Crippen LogP contribution in [-0.2, 0) is 0 Å². The van der Waals surface area contributed by atoms with E-state index in [1.807, 2.05) is 0 Å². The molecule has 126 valence electrons. The number of hydrogen-bond acceptors (Lipinski definition) is 0. The Labute approximate surface area is 182 Å². The van der Waals surface area contributed by atoms with E-state index in [1.54, 1.807) is 0 Å². The van der Waals surface area contributed by atoms with Crippen LogP contribution in [0.2, 0.25) is 0 Å². The first kappa shape index (κ1) is 29.1. The molecule has 0 aromatic carbocycles. The maximum atomic E-state index is 2.20. The normalized spacial score (nSPS) is 24.8. The van der Waals surface area contributed by atoms with Crippen molar-refractivity contribution in [1.82, 2.24) is 0 Å². The van der Waals surface area contributed by atoms with Gasteiger partial charge < -0.3 is 14.9 Å². The van der Waals surface area contributed by atoms with Gasteiger partial charge in [0.2, 0.25) is 0 Å². The molecule has 0 unspecified atom stereocenters. The molecule has 2 saturated carbocycles. The predicted octanol–water partition coefficient (Wildman–Crippen LogP) is 6.84. The van der Waals surface area contributed by atoms with Crippen molar-refractivity contribution < 1.29 is 39.9 Å². The van der Waals surface area contributed by atoms with E-state index in [9.17, 15) is 0 Å². The summed E-state index contributed by atoms with van der Waals surface area (Å²) in [5, 5.41) is 0. The average molecular weight is 533 g/mol. The summed E-state index contributed by atoms with van der Waals surface area (Å²) in [4.78, 5) is 0. The molecule has 0 amide bonds. The summed E-state index contributed by atoms with van der Waals surface area (Å²) in [5.74, 6) is 14.7. The summed E-state index contributed by atoms with van der Waals surface area (Å²) in [6.07, 6.45) is 0. The van der Waals surface area contributed by atoms with Gasteiger partial charge in [-0.15, -0.1) is 0 Å². The van der Waals surface area contributed by atoms with Gasteiger partial charge in [0.25, 0.3) is 0 Å². The second-order valence-corrected chi connectivity index (χ2v) is 6.25. The van der Waals surface area contributed by atoms with E-state index in [0.29, 0.717) is 0 Å². The summed E-state index contributed by atoms with van der Waals surface area (Å²) in [6.45, 7) is 22.0. The molecule has 0 N–H and O–H groups in total. The first-order valence-electron chi connectivity index (χ1n) is 7.50. The number of rotatable bonds is 0. The van der Waals surface area contributed by atoms with E-state index in [-0.39, 0.29) is 54.8 Å². The van der Waals surface area contributed by atoms with Gasteiger partial charge in [0.05, 0.1) is 0 Å². The summed E-state index contributed by atoms with van der Waals surface area (Å²) >= 11 is 0. The zero-order valence-corrected chi connectivity index (χ0v) is 21.6. The molecule has 2 aliphatic carbocycles. The van der Waals surface area contributed by atoms with Gasteiger partial charge in [-0.3, -0.25) is 0 Å². The van der Waals surface area contributed by atoms with Crippen LogP contribution in [0.5, 0.6) is 0 Å². The molecular weight excluding hydrogens is 496 g/mol. The largest absolute Gasteiger partial charge is 4.00 e. The van der Waals surface area contributed by atoms with Gasteiger partial charge in [0, 0.05) is 0 Å². The number of hydrogen-bond donors (Lipinski definition) is 0. The van der Waals surface area contributed by atoms with Crippen molar-refractivity contribution in [2.24, 2.45) is 0 Å². The molecule has 0 nitrogen and oxygen atoms in total. The van der Waals surface area contributed by atoms with Gasteiger partial charge in [-0.1, -0.05) is 69.2 Å². The Hall–Kier alpha value is 1.32. The standard InChI is InChI=1S/2C10H15.2CH3.Th/c2*1-6-7(2)9(4)10(5)8(6)3;;;/h2*1-5H3;2*1H3;/q;;2*-1;+4. The van der Waals surface area contributed by atoms with Gasteiger partial charge in [-0.25, -0.2) is 0 Å². The van der Waals surface area contributed by atoms with E-state index in [4.69, 9.17) is 0 Å². The molecule has 0 atom stereocenters. The van der Waals surface area contributed by atoms with Crippen molar-refractivity contribution in [2.75, 3.05) is 0 Å². The minimum absolute atomic E-state index is 0. The van der Waals surface area contributed by atoms with Crippen LogP contribution in [0.3, 0.4) is 0 Å². The third-order valence-electron chi connectivity index (χ3n) is 5.62. The Bertz CT molecular complexity index is 181. The fraction of sp³-hybridized carbons (Fsp3) is 0.455. The van der Waals surface area contributed by atoms with Crippen molar-refractivity contribution >= 4 is 0 Å². The van der Waals surface area contributed by atoms with Gasteiger partial charge in [0.15, 0.2) is 0 Å². The SMILES string of the molecule is C[C]1[C](C)[C](C)[C](C)[C]1C.C[C]1[C](C)[C](C)[C](C)[C]1C.[CH3-].[CH3-].[Th+4]. The minimum atomic E-state index is 0. The molecule has 0 heterocycles. The molecule has 10 radical (unpaired) electrons. The first-order valence-corrected chi connectivity index (χ1v) is 7.50. The van der Waals surface area contributed by atoms with Crippen molar-refractivity contribution in [3.63, 3.8) is 0 Å². The minimum Gasteiger partial charge on any atom is -0.358 e. The zero-order chi connectivity index (χ0) is 15.8. The van der Waals surface area contributed by atoms with Crippen LogP contribution in [-0.4, -0.2) is 0 Å². The molecule has 0 aliphatic heterocycles. The Balaban J connectivity index is -0.000000308. The Morgan fingerprint density at radius 1 is 0.261 bits per heavy atom. The topological polar surface area (TPSA) is 0 Å². The molecule has 0 aromatic rings. The predicted molar refractivity (Wildman–Crippen MR) is 102 cm³/mol. The van der Waals surface area contributed by atoms with Gasteiger partial charge >= 0.3 is 39.9 Å². The molecular formula is C22H36Th+2. The average Bonchev–Trinajstić information content (AvgIpc) is 2.71. The van der Waals surface area contributed by atoms with Crippen LogP contribution in [0, 0.1) is 114 Å². The van der Waals surface area contributed by atoms with Crippen LogP contribution in [0.1, 0.15) is 69.2 Å². The van der Waals surface area contributed by atoms with E-state index in [0.717, 1.165) is 0 Å². The Morgan fingerprint density at radius 2 is 0.304 bits per heavy atom. The molecule has 2 fully saturated rings. The van der Waals surface area contributed by atoms with Crippen molar-refractivity contribution in [1.29, 1.82) is 0 Å². The van der Waals surface area contributed by atoms with Crippen LogP contribution >= 0.6 is 0 Å². The molecule has 23 heavy (non-hydrogen) atoms. The molecule has 0 bridgehead atoms. The molecule has 0 saturated heterocycles. The fourth-order valence-corrected chi connectivity index (χ4v) is 2.81. The second kappa shape index (κ2) is 11.8. The molecule has 0 spiro atoms. The smallest absolute Gasteiger partial charge is 0.358 e. The summed E-state index contributed by atoms with van der Waals surface area (Å²) in [5.41, 5.74) is 0. The fourth-order valence-electron chi connectivity index (χ4n) is 2.81. The van der Waals surface area contributed by atoms with Crippen molar-refractivity contribution in [2.45, 2.75) is 69.2 Å². The maximum Gasteiger partial charge on any atom is 4.00 e. The Morgan fingerprint density at radius 3 is 0.348 bits per heavy atom. The van der Waals surface area contributed by atoms with Gasteiger partial charge in [-0.2, -0.15) is 0 Å². The van der Waals surface area contributed by atoms with Crippen LogP contribution in [0.25, 0.3) is 0 Å². The van der Waals surface area contributed by atoms with Crippen molar-refractivity contribution in [3.05, 3.63) is 74.0 Å².